The van der Waals surface area contributed by atoms with E-state index in [0.717, 1.165) is 37.7 Å². The average molecular weight is 660 g/mol. The lowest BCUT2D eigenvalue weighted by atomic mass is 9.87. The van der Waals surface area contributed by atoms with Crippen LogP contribution in [-0.2, 0) is 33.3 Å². The molecule has 9 unspecified atom stereocenters. The Labute approximate surface area is 280 Å². The molecule has 3 N–H and O–H groups in total. The predicted molar refractivity (Wildman–Crippen MR) is 178 cm³/mol. The van der Waals surface area contributed by atoms with Crippen molar-refractivity contribution in [2.75, 3.05) is 20.7 Å². The van der Waals surface area contributed by atoms with E-state index in [1.54, 1.807) is 13.0 Å². The molecule has 3 saturated heterocycles. The number of amides is 2. The number of nitrogens with zero attached hydrogens (tertiary/aromatic N) is 1. The summed E-state index contributed by atoms with van der Waals surface area (Å²) in [6.45, 7) is 9.61. The monoisotopic (exact) mass is 659 g/mol. The van der Waals surface area contributed by atoms with Gasteiger partial charge in [-0.15, -0.1) is 0 Å². The van der Waals surface area contributed by atoms with Crippen LogP contribution in [0.15, 0.2) is 36.0 Å². The van der Waals surface area contributed by atoms with Crippen molar-refractivity contribution in [3.63, 3.8) is 0 Å². The van der Waals surface area contributed by atoms with Gasteiger partial charge < -0.3 is 39.6 Å². The van der Waals surface area contributed by atoms with Crippen LogP contribution < -0.4 is 10.6 Å². The van der Waals surface area contributed by atoms with E-state index in [4.69, 9.17) is 18.9 Å². The number of aliphatic hydroxyl groups excluding tert-OH is 1. The number of epoxide rings is 1. The third-order valence-electron chi connectivity index (χ3n) is 10.1. The highest BCUT2D eigenvalue weighted by molar-refractivity contribution is 5.87. The number of carbonyl (C=O) groups excluding carboxylic acids is 3. The third-order valence-corrected chi connectivity index (χ3v) is 10.1. The van der Waals surface area contributed by atoms with Gasteiger partial charge >= 0.3 is 5.97 Å². The summed E-state index contributed by atoms with van der Waals surface area (Å²) < 4.78 is 23.3. The zero-order chi connectivity index (χ0) is 34.3. The summed E-state index contributed by atoms with van der Waals surface area (Å²) in [5.41, 5.74) is 0.384. The number of hydrogen-bond acceptors (Lipinski definition) is 9. The first-order valence-corrected chi connectivity index (χ1v) is 17.3. The fourth-order valence-corrected chi connectivity index (χ4v) is 7.12. The first-order chi connectivity index (χ1) is 22.2. The Morgan fingerprint density at radius 2 is 1.77 bits per heavy atom. The molecule has 47 heavy (non-hydrogen) atoms. The number of rotatable bonds is 12. The van der Waals surface area contributed by atoms with Gasteiger partial charge in [-0.1, -0.05) is 30.7 Å². The van der Waals surface area contributed by atoms with Gasteiger partial charge in [0.1, 0.15) is 23.9 Å². The molecule has 0 bridgehead atoms. The summed E-state index contributed by atoms with van der Waals surface area (Å²) >= 11 is 0. The van der Waals surface area contributed by atoms with E-state index in [1.807, 2.05) is 26.0 Å². The number of allylic oxidation sites excluding steroid dienone is 2. The third kappa shape index (κ3) is 11.0. The van der Waals surface area contributed by atoms with E-state index < -0.39 is 29.9 Å². The Morgan fingerprint density at radius 1 is 1.06 bits per heavy atom. The molecule has 2 amide bonds. The van der Waals surface area contributed by atoms with Crippen LogP contribution >= 0.6 is 0 Å². The Balaban J connectivity index is 1.24. The molecule has 3 aliphatic heterocycles. The average Bonchev–Trinajstić information content (AvgIpc) is 3.77. The van der Waals surface area contributed by atoms with E-state index in [1.165, 1.54) is 13.0 Å². The minimum absolute atomic E-state index is 0.00140. The lowest BCUT2D eigenvalue weighted by molar-refractivity contribution is -0.146. The van der Waals surface area contributed by atoms with Crippen molar-refractivity contribution in [3.05, 3.63) is 36.0 Å². The Hall–Kier alpha value is -2.57. The summed E-state index contributed by atoms with van der Waals surface area (Å²) in [5.74, 6) is -0.418. The van der Waals surface area contributed by atoms with Crippen molar-refractivity contribution < 1.29 is 38.4 Å². The molecule has 4 fully saturated rings. The lowest BCUT2D eigenvalue weighted by Gasteiger charge is -2.39. The summed E-state index contributed by atoms with van der Waals surface area (Å²) in [4.78, 5) is 38.7. The second-order valence-corrected chi connectivity index (χ2v) is 14.4. The van der Waals surface area contributed by atoms with E-state index in [9.17, 15) is 19.5 Å². The van der Waals surface area contributed by atoms with Crippen molar-refractivity contribution in [2.45, 2.75) is 146 Å². The first-order valence-electron chi connectivity index (χ1n) is 17.3. The summed E-state index contributed by atoms with van der Waals surface area (Å²) in [6, 6.07) is 0.663. The van der Waals surface area contributed by atoms with Crippen LogP contribution in [0.25, 0.3) is 0 Å². The maximum absolute atomic E-state index is 12.9. The van der Waals surface area contributed by atoms with Gasteiger partial charge in [-0.2, -0.15) is 0 Å². The van der Waals surface area contributed by atoms with Gasteiger partial charge in [-0.25, -0.2) is 0 Å². The molecule has 3 heterocycles. The molecule has 11 heteroatoms. The van der Waals surface area contributed by atoms with Gasteiger partial charge in [-0.3, -0.25) is 14.4 Å². The van der Waals surface area contributed by atoms with Gasteiger partial charge in [0.25, 0.3) is 0 Å². The Kier molecular flexibility index (Phi) is 13.2. The first kappa shape index (κ1) is 37.3. The second kappa shape index (κ2) is 16.7. The molecular formula is C36H57N3O8. The Morgan fingerprint density at radius 3 is 2.40 bits per heavy atom. The molecule has 11 nitrogen and oxygen atoms in total. The second-order valence-electron chi connectivity index (χ2n) is 14.4. The van der Waals surface area contributed by atoms with Crippen LogP contribution in [0, 0.1) is 5.92 Å². The molecular weight excluding hydrogens is 602 g/mol. The van der Waals surface area contributed by atoms with Crippen LogP contribution in [0.3, 0.4) is 0 Å². The molecule has 9 atom stereocenters. The van der Waals surface area contributed by atoms with Crippen molar-refractivity contribution >= 4 is 17.8 Å². The standard InChI is InChI=1S/C36H57N3O8/c1-22(8-15-31-23(2)18-30(25(4)46-31)38-33(41)17-10-24(3)45-26(5)40)9-16-32-35(43)36(21-44-36)20-29(47-32)19-34(42)37-27-11-13-28(14-12-27)39(6)7/h8-10,16-17,23-25,27-32,35,43H,11-15,18-21H2,1-7H3,(H,37,42)(H,38,41). The van der Waals surface area contributed by atoms with Crippen molar-refractivity contribution in [1.82, 2.24) is 15.5 Å². The van der Waals surface area contributed by atoms with Crippen LogP contribution in [0.4, 0.5) is 0 Å². The topological polar surface area (TPSA) is 139 Å². The predicted octanol–water partition coefficient (Wildman–Crippen LogP) is 3.35. The number of nitrogens with one attached hydrogen (secondary N) is 2. The molecule has 1 aliphatic carbocycles. The number of aliphatic hydroxyl groups is 1. The maximum Gasteiger partial charge on any atom is 0.303 e. The maximum atomic E-state index is 12.9. The Bertz CT molecular complexity index is 1170. The van der Waals surface area contributed by atoms with Crippen molar-refractivity contribution in [3.8, 4) is 0 Å². The van der Waals surface area contributed by atoms with Gasteiger partial charge in [0.2, 0.25) is 11.8 Å². The van der Waals surface area contributed by atoms with Gasteiger partial charge in [0, 0.05) is 31.5 Å². The lowest BCUT2D eigenvalue weighted by Crippen LogP contribution is -2.51. The van der Waals surface area contributed by atoms with Gasteiger partial charge in [0.05, 0.1) is 37.4 Å². The van der Waals surface area contributed by atoms with Crippen LogP contribution in [-0.4, -0.2) is 109 Å². The molecule has 264 valence electrons. The molecule has 0 radical (unpaired) electrons. The minimum atomic E-state index is -0.790. The molecule has 1 saturated carbocycles. The number of hydrogen-bond donors (Lipinski definition) is 3. The number of ether oxygens (including phenoxy) is 4. The minimum Gasteiger partial charge on any atom is -0.459 e. The van der Waals surface area contributed by atoms with Crippen LogP contribution in [0.2, 0.25) is 0 Å². The van der Waals surface area contributed by atoms with E-state index >= 15 is 0 Å². The van der Waals surface area contributed by atoms with Gasteiger partial charge in [0.15, 0.2) is 0 Å². The van der Waals surface area contributed by atoms with E-state index in [0.29, 0.717) is 25.5 Å². The normalized spacial score (nSPS) is 36.9. The SMILES string of the molecule is CC(=O)OC(C)C=CC(=O)NC1CC(C)C(CC=C(C)C=CC2OC(CC(=O)NC3CCC(N(C)C)CC3)CC3(CO3)C2O)OC1C. The zero-order valence-electron chi connectivity index (χ0n) is 29.3. The largest absolute Gasteiger partial charge is 0.459 e. The summed E-state index contributed by atoms with van der Waals surface area (Å²) in [7, 11) is 4.22. The number of esters is 1. The highest BCUT2D eigenvalue weighted by Gasteiger charge is 2.58. The molecule has 0 aromatic heterocycles. The van der Waals surface area contributed by atoms with Gasteiger partial charge in [-0.05, 0) is 85.4 Å². The van der Waals surface area contributed by atoms with Crippen molar-refractivity contribution in [1.29, 1.82) is 0 Å². The smallest absolute Gasteiger partial charge is 0.303 e. The van der Waals surface area contributed by atoms with E-state index in [2.05, 4.69) is 42.6 Å². The summed E-state index contributed by atoms with van der Waals surface area (Å²) in [5, 5.41) is 17.3. The highest BCUT2D eigenvalue weighted by atomic mass is 16.6. The van der Waals surface area contributed by atoms with Crippen LogP contribution in [0.5, 0.6) is 0 Å². The summed E-state index contributed by atoms with van der Waals surface area (Å²) in [6.07, 6.45) is 13.0. The fourth-order valence-electron chi connectivity index (χ4n) is 7.12. The molecule has 4 aliphatic rings. The van der Waals surface area contributed by atoms with Crippen molar-refractivity contribution in [2.24, 2.45) is 5.92 Å². The molecule has 1 spiro atoms. The molecule has 4 rings (SSSR count). The van der Waals surface area contributed by atoms with E-state index in [-0.39, 0.29) is 54.5 Å². The quantitative estimate of drug-likeness (QED) is 0.125. The fraction of sp³-hybridized carbons (Fsp3) is 0.750. The molecule has 0 aromatic carbocycles. The number of carbonyl (C=O) groups is 3. The zero-order valence-corrected chi connectivity index (χ0v) is 29.3. The highest BCUT2D eigenvalue weighted by Crippen LogP contribution is 2.43. The molecule has 0 aromatic rings. The van der Waals surface area contributed by atoms with Crippen LogP contribution in [0.1, 0.15) is 86.0 Å².